The summed E-state index contributed by atoms with van der Waals surface area (Å²) in [7, 11) is 0. The Labute approximate surface area is 116 Å². The average molecular weight is 291 g/mol. The van der Waals surface area contributed by atoms with Gasteiger partial charge >= 0.3 is 11.2 Å². The van der Waals surface area contributed by atoms with E-state index in [2.05, 4.69) is 9.97 Å². The van der Waals surface area contributed by atoms with E-state index in [-0.39, 0.29) is 19.0 Å². The standard InChI is InChI=1S/C12H9N3O6/c16-11-10(15(18)19)12(17)14-9(13-11)4-6-1-2-7-8(3-6)21-5-20-7/h1-3H,4-5H2,(H2,13,14,16,17). The minimum atomic E-state index is -0.997. The van der Waals surface area contributed by atoms with Crippen LogP contribution in [0.25, 0.3) is 0 Å². The van der Waals surface area contributed by atoms with Gasteiger partial charge in [0.05, 0.1) is 4.92 Å². The second-order valence-electron chi connectivity index (χ2n) is 4.31. The van der Waals surface area contributed by atoms with Gasteiger partial charge in [0.15, 0.2) is 11.5 Å². The molecule has 0 atom stereocenters. The van der Waals surface area contributed by atoms with E-state index in [0.717, 1.165) is 5.56 Å². The number of nitrogens with zero attached hydrogens (tertiary/aromatic N) is 2. The molecule has 2 aromatic rings. The molecule has 9 nitrogen and oxygen atoms in total. The number of nitro groups is 1. The molecule has 0 spiro atoms. The number of aromatic hydroxyl groups is 1. The van der Waals surface area contributed by atoms with Crippen molar-refractivity contribution < 1.29 is 19.5 Å². The van der Waals surface area contributed by atoms with E-state index in [0.29, 0.717) is 11.5 Å². The molecular weight excluding hydrogens is 282 g/mol. The van der Waals surface area contributed by atoms with Crippen LogP contribution in [0.15, 0.2) is 23.0 Å². The molecule has 1 aliphatic heterocycles. The number of fused-ring (bicyclic) bond motifs is 1. The maximum absolute atomic E-state index is 11.5. The number of hydrogen-bond donors (Lipinski definition) is 2. The van der Waals surface area contributed by atoms with Gasteiger partial charge in [-0.15, -0.1) is 0 Å². The third-order valence-electron chi connectivity index (χ3n) is 2.92. The SMILES string of the molecule is O=c1[nH]c(Cc2ccc3c(c2)OCO3)nc(O)c1[N+](=O)[O-]. The second kappa shape index (κ2) is 4.78. The third-order valence-corrected chi connectivity index (χ3v) is 2.92. The van der Waals surface area contributed by atoms with E-state index in [4.69, 9.17) is 9.47 Å². The monoisotopic (exact) mass is 291 g/mol. The molecule has 21 heavy (non-hydrogen) atoms. The highest BCUT2D eigenvalue weighted by Gasteiger charge is 2.22. The number of nitrogens with one attached hydrogen (secondary N) is 1. The summed E-state index contributed by atoms with van der Waals surface area (Å²) in [6.07, 6.45) is 0.178. The smallest absolute Gasteiger partial charge is 0.395 e. The fourth-order valence-corrected chi connectivity index (χ4v) is 1.99. The van der Waals surface area contributed by atoms with Gasteiger partial charge in [-0.05, 0) is 17.7 Å². The molecule has 1 aromatic carbocycles. The van der Waals surface area contributed by atoms with Crippen molar-refractivity contribution in [3.63, 3.8) is 0 Å². The van der Waals surface area contributed by atoms with Gasteiger partial charge in [-0.2, -0.15) is 4.98 Å². The average Bonchev–Trinajstić information content (AvgIpc) is 2.84. The molecule has 2 N–H and O–H groups in total. The number of rotatable bonds is 3. The Morgan fingerprint density at radius 1 is 1.38 bits per heavy atom. The molecule has 0 saturated heterocycles. The van der Waals surface area contributed by atoms with Crippen LogP contribution in [-0.4, -0.2) is 26.8 Å². The predicted molar refractivity (Wildman–Crippen MR) is 68.5 cm³/mol. The van der Waals surface area contributed by atoms with Crippen LogP contribution >= 0.6 is 0 Å². The Bertz CT molecular complexity index is 785. The van der Waals surface area contributed by atoms with Gasteiger partial charge in [-0.3, -0.25) is 14.9 Å². The topological polar surface area (TPSA) is 128 Å². The highest BCUT2D eigenvalue weighted by molar-refractivity contribution is 5.45. The summed E-state index contributed by atoms with van der Waals surface area (Å²) in [5.74, 6) is 0.397. The number of ether oxygens (including phenoxy) is 2. The number of aromatic nitrogens is 2. The van der Waals surface area contributed by atoms with E-state index in [9.17, 15) is 20.0 Å². The molecule has 1 aromatic heterocycles. The molecule has 1 aliphatic rings. The first kappa shape index (κ1) is 12.9. The minimum absolute atomic E-state index is 0.113. The Morgan fingerprint density at radius 2 is 2.14 bits per heavy atom. The zero-order valence-electron chi connectivity index (χ0n) is 10.5. The van der Waals surface area contributed by atoms with Gasteiger partial charge in [0.1, 0.15) is 5.82 Å². The van der Waals surface area contributed by atoms with Crippen molar-refractivity contribution in [2.75, 3.05) is 6.79 Å². The summed E-state index contributed by atoms with van der Waals surface area (Å²) >= 11 is 0. The first-order valence-corrected chi connectivity index (χ1v) is 5.89. The van der Waals surface area contributed by atoms with E-state index in [1.165, 1.54) is 0 Å². The minimum Gasteiger partial charge on any atom is -0.488 e. The van der Waals surface area contributed by atoms with Crippen LogP contribution in [0, 0.1) is 10.1 Å². The van der Waals surface area contributed by atoms with Gasteiger partial charge in [0.2, 0.25) is 6.79 Å². The number of aromatic amines is 1. The molecule has 0 amide bonds. The summed E-state index contributed by atoms with van der Waals surface area (Å²) in [5.41, 5.74) is -1.22. The molecule has 0 aliphatic carbocycles. The molecule has 0 radical (unpaired) electrons. The third kappa shape index (κ3) is 2.36. The van der Waals surface area contributed by atoms with Crippen LogP contribution in [-0.2, 0) is 6.42 Å². The highest BCUT2D eigenvalue weighted by atomic mass is 16.7. The summed E-state index contributed by atoms with van der Waals surface area (Å²) in [5, 5.41) is 20.1. The molecule has 9 heteroatoms. The molecule has 2 heterocycles. The van der Waals surface area contributed by atoms with Crippen LogP contribution in [0.5, 0.6) is 17.4 Å². The van der Waals surface area contributed by atoms with Gasteiger partial charge in [0.25, 0.3) is 5.88 Å². The number of H-pyrrole nitrogens is 1. The van der Waals surface area contributed by atoms with Crippen molar-refractivity contribution in [3.05, 3.63) is 50.1 Å². The highest BCUT2D eigenvalue weighted by Crippen LogP contribution is 2.33. The summed E-state index contributed by atoms with van der Waals surface area (Å²) < 4.78 is 10.4. The second-order valence-corrected chi connectivity index (χ2v) is 4.31. The molecule has 108 valence electrons. The predicted octanol–water partition coefficient (Wildman–Crippen LogP) is 0.703. The van der Waals surface area contributed by atoms with Crippen molar-refractivity contribution in [2.24, 2.45) is 0 Å². The Balaban J connectivity index is 1.92. The normalized spacial score (nSPS) is 12.4. The number of benzene rings is 1. The molecule has 0 bridgehead atoms. The lowest BCUT2D eigenvalue weighted by Gasteiger charge is -2.03. The van der Waals surface area contributed by atoms with Crippen LogP contribution in [0.1, 0.15) is 11.4 Å². The van der Waals surface area contributed by atoms with E-state index >= 15 is 0 Å². The zero-order valence-corrected chi connectivity index (χ0v) is 10.5. The first-order chi connectivity index (χ1) is 10.0. The van der Waals surface area contributed by atoms with E-state index in [1.54, 1.807) is 18.2 Å². The maximum atomic E-state index is 11.5. The Hall–Kier alpha value is -3.10. The van der Waals surface area contributed by atoms with E-state index in [1.807, 2.05) is 0 Å². The quantitative estimate of drug-likeness (QED) is 0.629. The zero-order chi connectivity index (χ0) is 15.0. The van der Waals surface area contributed by atoms with Crippen LogP contribution in [0.4, 0.5) is 5.69 Å². The molecule has 0 saturated carbocycles. The van der Waals surface area contributed by atoms with Crippen molar-refractivity contribution in [1.29, 1.82) is 0 Å². The summed E-state index contributed by atoms with van der Waals surface area (Å²) in [6, 6.07) is 5.16. The lowest BCUT2D eigenvalue weighted by molar-refractivity contribution is -0.387. The number of hydrogen-bond acceptors (Lipinski definition) is 7. The van der Waals surface area contributed by atoms with Gasteiger partial charge in [0, 0.05) is 6.42 Å². The van der Waals surface area contributed by atoms with Crippen LogP contribution in [0.2, 0.25) is 0 Å². The van der Waals surface area contributed by atoms with Crippen molar-refractivity contribution in [1.82, 2.24) is 9.97 Å². The Kier molecular flexibility index (Phi) is 2.94. The lowest BCUT2D eigenvalue weighted by Crippen LogP contribution is -2.15. The summed E-state index contributed by atoms with van der Waals surface area (Å²) in [4.78, 5) is 27.1. The Morgan fingerprint density at radius 3 is 2.86 bits per heavy atom. The fourth-order valence-electron chi connectivity index (χ4n) is 1.99. The lowest BCUT2D eigenvalue weighted by atomic mass is 10.1. The largest absolute Gasteiger partial charge is 0.488 e. The van der Waals surface area contributed by atoms with E-state index < -0.39 is 22.0 Å². The van der Waals surface area contributed by atoms with Crippen molar-refractivity contribution >= 4 is 5.69 Å². The van der Waals surface area contributed by atoms with Gasteiger partial charge in [-0.25, -0.2) is 0 Å². The maximum Gasteiger partial charge on any atom is 0.395 e. The van der Waals surface area contributed by atoms with Gasteiger partial charge in [-0.1, -0.05) is 6.07 Å². The van der Waals surface area contributed by atoms with Crippen molar-refractivity contribution in [3.8, 4) is 17.4 Å². The first-order valence-electron chi connectivity index (χ1n) is 5.89. The van der Waals surface area contributed by atoms with Crippen LogP contribution < -0.4 is 15.0 Å². The van der Waals surface area contributed by atoms with Crippen molar-refractivity contribution in [2.45, 2.75) is 6.42 Å². The molecule has 3 rings (SSSR count). The molecular formula is C12H9N3O6. The van der Waals surface area contributed by atoms with Crippen LogP contribution in [0.3, 0.4) is 0 Å². The molecule has 0 unspecified atom stereocenters. The summed E-state index contributed by atoms with van der Waals surface area (Å²) in [6.45, 7) is 0.145. The van der Waals surface area contributed by atoms with Gasteiger partial charge < -0.3 is 19.6 Å². The molecule has 0 fully saturated rings. The fraction of sp³-hybridized carbons (Fsp3) is 0.167.